The number of benzene rings is 3. The third-order valence-electron chi connectivity index (χ3n) is 6.27. The summed E-state index contributed by atoms with van der Waals surface area (Å²) in [6.07, 6.45) is -0.691. The summed E-state index contributed by atoms with van der Waals surface area (Å²) in [5.41, 5.74) is -2.14. The maximum absolute atomic E-state index is 16.9. The summed E-state index contributed by atoms with van der Waals surface area (Å²) in [5.74, 6) is -4.23. The second-order valence-electron chi connectivity index (χ2n) is 8.92. The molecular weight excluding hydrogens is 490 g/mol. The molecule has 36 heavy (non-hydrogen) atoms. The number of rotatable bonds is 10. The summed E-state index contributed by atoms with van der Waals surface area (Å²) in [6.45, 7) is 1.10. The van der Waals surface area contributed by atoms with Gasteiger partial charge in [0.2, 0.25) is 0 Å². The Bertz CT molecular complexity index is 1230. The Kier molecular flexibility index (Phi) is 7.59. The van der Waals surface area contributed by atoms with Gasteiger partial charge >= 0.3 is 11.9 Å². The maximum atomic E-state index is 16.9. The molecule has 1 N–H and O–H groups in total. The zero-order valence-electron chi connectivity index (χ0n) is 19.5. The summed E-state index contributed by atoms with van der Waals surface area (Å²) in [7, 11) is 0. The van der Waals surface area contributed by atoms with Crippen LogP contribution in [0, 0.1) is 11.7 Å². The van der Waals surface area contributed by atoms with Crippen LogP contribution in [0.15, 0.2) is 72.8 Å². The van der Waals surface area contributed by atoms with Gasteiger partial charge in [0.15, 0.2) is 17.7 Å². The fourth-order valence-corrected chi connectivity index (χ4v) is 4.61. The highest BCUT2D eigenvalue weighted by Gasteiger charge is 2.59. The molecule has 0 aliphatic heterocycles. The fraction of sp³-hybridized carbons (Fsp3) is 0.286. The van der Waals surface area contributed by atoms with Crippen molar-refractivity contribution in [3.05, 3.63) is 94.8 Å². The second kappa shape index (κ2) is 10.7. The molecule has 0 aromatic heterocycles. The van der Waals surface area contributed by atoms with Crippen molar-refractivity contribution in [3.8, 4) is 11.5 Å². The molecule has 4 rings (SSSR count). The number of carboxylic acids is 1. The van der Waals surface area contributed by atoms with Crippen molar-refractivity contribution in [2.24, 2.45) is 5.92 Å². The van der Waals surface area contributed by atoms with Gasteiger partial charge in [-0.2, -0.15) is 0 Å². The Labute approximate surface area is 212 Å². The Balaban J connectivity index is 1.71. The first kappa shape index (κ1) is 25.6. The number of hydrogen-bond donors (Lipinski definition) is 1. The topological polar surface area (TPSA) is 72.8 Å². The Morgan fingerprint density at radius 1 is 1.08 bits per heavy atom. The van der Waals surface area contributed by atoms with Crippen LogP contribution in [-0.4, -0.2) is 28.8 Å². The Hall–Kier alpha value is -3.45. The fourth-order valence-electron chi connectivity index (χ4n) is 4.49. The number of carboxylic acid groups (broad SMARTS) is 1. The normalized spacial score (nSPS) is 16.4. The van der Waals surface area contributed by atoms with Gasteiger partial charge in [-0.15, -0.1) is 0 Å². The molecule has 1 fully saturated rings. The predicted octanol–water partition coefficient (Wildman–Crippen LogP) is 6.73. The van der Waals surface area contributed by atoms with Crippen LogP contribution in [0.5, 0.6) is 11.5 Å². The van der Waals surface area contributed by atoms with Crippen LogP contribution >= 0.6 is 11.6 Å². The van der Waals surface area contributed by atoms with Gasteiger partial charge in [-0.3, -0.25) is 4.79 Å². The Morgan fingerprint density at radius 3 is 2.33 bits per heavy atom. The molecule has 1 aliphatic carbocycles. The number of aliphatic carboxylic acids is 1. The third-order valence-corrected chi connectivity index (χ3v) is 6.52. The number of carbonyl (C=O) groups excluding carboxylic acids is 1. The van der Waals surface area contributed by atoms with E-state index in [9.17, 15) is 19.1 Å². The van der Waals surface area contributed by atoms with E-state index in [0.29, 0.717) is 34.7 Å². The largest absolute Gasteiger partial charge is 0.479 e. The van der Waals surface area contributed by atoms with Gasteiger partial charge in [0.25, 0.3) is 5.67 Å². The van der Waals surface area contributed by atoms with E-state index in [1.807, 2.05) is 0 Å². The molecule has 3 aromatic rings. The van der Waals surface area contributed by atoms with Gasteiger partial charge < -0.3 is 14.6 Å². The van der Waals surface area contributed by atoms with Crippen molar-refractivity contribution in [2.45, 2.75) is 43.9 Å². The van der Waals surface area contributed by atoms with Gasteiger partial charge in [-0.05, 0) is 66.3 Å². The first-order valence-electron chi connectivity index (χ1n) is 11.5. The number of hydrogen-bond acceptors (Lipinski definition) is 4. The number of esters is 1. The van der Waals surface area contributed by atoms with Crippen LogP contribution in [0.3, 0.4) is 0 Å². The molecule has 1 saturated carbocycles. The van der Waals surface area contributed by atoms with Gasteiger partial charge in [-0.25, -0.2) is 13.6 Å². The predicted molar refractivity (Wildman–Crippen MR) is 131 cm³/mol. The summed E-state index contributed by atoms with van der Waals surface area (Å²) in [5, 5.41) is 10.6. The van der Waals surface area contributed by atoms with Crippen LogP contribution in [0.1, 0.15) is 36.8 Å². The molecule has 188 valence electrons. The standard InChI is InChI=1S/C28H25ClF2O5/c1-17(32)35-25(16-18-7-14-23(30)24(15-18)36-22-5-3-2-4-6-22)28(31,27(33)34)26(19-8-9-19)20-10-12-21(29)13-11-20/h2-7,10-15,19,25-26H,8-9,16H2,1H3,(H,33,34)/t25-,26?,28-/m1/s1. The van der Waals surface area contributed by atoms with Crippen molar-refractivity contribution < 1.29 is 33.0 Å². The molecule has 5 nitrogen and oxygen atoms in total. The zero-order chi connectivity index (χ0) is 25.9. The molecule has 0 radical (unpaired) electrons. The van der Waals surface area contributed by atoms with Gasteiger partial charge in [0, 0.05) is 24.3 Å². The summed E-state index contributed by atoms with van der Waals surface area (Å²) >= 11 is 5.99. The molecule has 3 aromatic carbocycles. The number of para-hydroxylation sites is 1. The first-order valence-corrected chi connectivity index (χ1v) is 11.9. The minimum atomic E-state index is -2.95. The van der Waals surface area contributed by atoms with Crippen LogP contribution in [0.25, 0.3) is 0 Å². The highest BCUT2D eigenvalue weighted by Crippen LogP contribution is 2.52. The zero-order valence-corrected chi connectivity index (χ0v) is 20.3. The molecule has 0 amide bonds. The molecule has 1 unspecified atom stereocenters. The SMILES string of the molecule is CC(=O)O[C@H](Cc1ccc(F)c(Oc2ccccc2)c1)[C@](F)(C(=O)O)C(c1ccc(Cl)cc1)C1CC1. The molecule has 8 heteroatoms. The van der Waals surface area contributed by atoms with Crippen molar-refractivity contribution in [2.75, 3.05) is 0 Å². The van der Waals surface area contributed by atoms with Gasteiger partial charge in [0.05, 0.1) is 0 Å². The smallest absolute Gasteiger partial charge is 0.346 e. The van der Waals surface area contributed by atoms with E-state index in [-0.39, 0.29) is 18.1 Å². The van der Waals surface area contributed by atoms with Crippen molar-refractivity contribution in [1.29, 1.82) is 0 Å². The van der Waals surface area contributed by atoms with Crippen molar-refractivity contribution >= 4 is 23.5 Å². The number of alkyl halides is 1. The quantitative estimate of drug-likeness (QED) is 0.304. The van der Waals surface area contributed by atoms with E-state index < -0.39 is 35.4 Å². The van der Waals surface area contributed by atoms with Crippen molar-refractivity contribution in [1.82, 2.24) is 0 Å². The van der Waals surface area contributed by atoms with Crippen molar-refractivity contribution in [3.63, 3.8) is 0 Å². The average Bonchev–Trinajstić information content (AvgIpc) is 3.67. The van der Waals surface area contributed by atoms with Crippen LogP contribution < -0.4 is 4.74 Å². The average molecular weight is 515 g/mol. The maximum Gasteiger partial charge on any atom is 0.346 e. The molecule has 0 bridgehead atoms. The van der Waals surface area contributed by atoms with E-state index >= 15 is 4.39 Å². The number of halogens is 3. The lowest BCUT2D eigenvalue weighted by molar-refractivity contribution is -0.174. The van der Waals surface area contributed by atoms with Gasteiger partial charge in [0.1, 0.15) is 5.75 Å². The van der Waals surface area contributed by atoms with Crippen LogP contribution in [-0.2, 0) is 20.7 Å². The Morgan fingerprint density at radius 2 is 1.75 bits per heavy atom. The highest BCUT2D eigenvalue weighted by atomic mass is 35.5. The lowest BCUT2D eigenvalue weighted by Crippen LogP contribution is -2.53. The molecule has 3 atom stereocenters. The molecule has 0 spiro atoms. The lowest BCUT2D eigenvalue weighted by Gasteiger charge is -2.36. The first-order chi connectivity index (χ1) is 17.2. The van der Waals surface area contributed by atoms with Gasteiger partial charge in [-0.1, -0.05) is 48.0 Å². The van der Waals surface area contributed by atoms with E-state index in [0.717, 1.165) is 13.0 Å². The number of carbonyl (C=O) groups is 2. The molecule has 0 heterocycles. The van der Waals surface area contributed by atoms with Crippen LogP contribution in [0.4, 0.5) is 8.78 Å². The lowest BCUT2D eigenvalue weighted by atomic mass is 9.75. The molecular formula is C28H25ClF2O5. The van der Waals surface area contributed by atoms with E-state index in [1.165, 1.54) is 12.1 Å². The van der Waals surface area contributed by atoms with Crippen LogP contribution in [0.2, 0.25) is 5.02 Å². The van der Waals surface area contributed by atoms with E-state index in [1.54, 1.807) is 54.6 Å². The summed E-state index contributed by atoms with van der Waals surface area (Å²) in [4.78, 5) is 24.5. The highest BCUT2D eigenvalue weighted by molar-refractivity contribution is 6.30. The summed E-state index contributed by atoms with van der Waals surface area (Å²) in [6, 6.07) is 18.8. The third kappa shape index (κ3) is 5.68. The monoisotopic (exact) mass is 514 g/mol. The number of ether oxygens (including phenoxy) is 2. The molecule has 0 saturated heterocycles. The van der Waals surface area contributed by atoms with E-state index in [4.69, 9.17) is 21.1 Å². The minimum absolute atomic E-state index is 0.114. The van der Waals surface area contributed by atoms with E-state index in [2.05, 4.69) is 0 Å². The minimum Gasteiger partial charge on any atom is -0.479 e. The second-order valence-corrected chi connectivity index (χ2v) is 9.36. The summed E-state index contributed by atoms with van der Waals surface area (Å²) < 4.78 is 42.3. The molecule has 1 aliphatic rings.